The van der Waals surface area contributed by atoms with E-state index in [0.29, 0.717) is 21.9 Å². The topological polar surface area (TPSA) is 88.4 Å². The number of nitrogens with zero attached hydrogens (tertiary/aromatic N) is 1. The molecule has 0 saturated heterocycles. The van der Waals surface area contributed by atoms with Crippen LogP contribution in [0.2, 0.25) is 0 Å². The first-order valence-corrected chi connectivity index (χ1v) is 10.8. The van der Waals surface area contributed by atoms with E-state index in [4.69, 9.17) is 9.47 Å². The van der Waals surface area contributed by atoms with E-state index in [1.54, 1.807) is 36.6 Å². The van der Waals surface area contributed by atoms with Crippen LogP contribution in [0.1, 0.15) is 28.4 Å². The highest BCUT2D eigenvalue weighted by Gasteiger charge is 2.24. The lowest BCUT2D eigenvalue weighted by Crippen LogP contribution is -2.16. The van der Waals surface area contributed by atoms with Gasteiger partial charge in [-0.1, -0.05) is 48.0 Å². The molecular weight excluding hydrogens is 424 g/mol. The minimum absolute atomic E-state index is 0.116. The molecule has 7 heteroatoms. The third-order valence-corrected chi connectivity index (χ3v) is 5.56. The van der Waals surface area contributed by atoms with Gasteiger partial charge in [0.2, 0.25) is 0 Å². The molecule has 6 nitrogen and oxygen atoms in total. The normalized spacial score (nSPS) is 10.9. The summed E-state index contributed by atoms with van der Waals surface area (Å²) >= 11 is 1.21. The minimum Gasteiger partial charge on any atom is -0.496 e. The number of hydrogen-bond donors (Lipinski definition) is 1. The van der Waals surface area contributed by atoms with Gasteiger partial charge in [-0.25, -0.2) is 4.79 Å². The Morgan fingerprint density at radius 2 is 1.88 bits per heavy atom. The first-order chi connectivity index (χ1) is 15.5. The summed E-state index contributed by atoms with van der Waals surface area (Å²) in [5, 5.41) is 14.4. The Kier molecular flexibility index (Phi) is 7.42. The van der Waals surface area contributed by atoms with E-state index >= 15 is 0 Å². The van der Waals surface area contributed by atoms with Crippen LogP contribution in [0.3, 0.4) is 0 Å². The summed E-state index contributed by atoms with van der Waals surface area (Å²) in [6.45, 7) is 3.90. The molecule has 0 bridgehead atoms. The summed E-state index contributed by atoms with van der Waals surface area (Å²) in [6.07, 6.45) is 1.45. The molecule has 1 N–H and O–H groups in total. The van der Waals surface area contributed by atoms with Crippen LogP contribution in [0.15, 0.2) is 59.5 Å². The fraction of sp³-hybridized carbons (Fsp3) is 0.160. The molecule has 0 atom stereocenters. The van der Waals surface area contributed by atoms with Gasteiger partial charge < -0.3 is 14.8 Å². The van der Waals surface area contributed by atoms with Gasteiger partial charge >= 0.3 is 5.97 Å². The first kappa shape index (κ1) is 22.8. The Bertz CT molecular complexity index is 1200. The predicted octanol–water partition coefficient (Wildman–Crippen LogP) is 5.45. The lowest BCUT2D eigenvalue weighted by Gasteiger charge is -2.09. The monoisotopic (exact) mass is 446 g/mol. The van der Waals surface area contributed by atoms with Crippen LogP contribution in [0, 0.1) is 18.3 Å². The molecule has 3 rings (SSSR count). The molecule has 2 aromatic carbocycles. The van der Waals surface area contributed by atoms with Crippen molar-refractivity contribution >= 4 is 34.3 Å². The van der Waals surface area contributed by atoms with E-state index in [1.807, 2.05) is 37.3 Å². The quantitative estimate of drug-likeness (QED) is 0.296. The number of hydrogen-bond acceptors (Lipinski definition) is 6. The number of nitriles is 1. The van der Waals surface area contributed by atoms with Crippen molar-refractivity contribution in [3.63, 3.8) is 0 Å². The summed E-state index contributed by atoms with van der Waals surface area (Å²) in [5.74, 6) is -0.619. The smallest absolute Gasteiger partial charge is 0.341 e. The lowest BCUT2D eigenvalue weighted by atomic mass is 10.0. The molecular formula is C25H22N2O4S. The Morgan fingerprint density at radius 1 is 1.16 bits per heavy atom. The van der Waals surface area contributed by atoms with Crippen molar-refractivity contribution in [2.75, 3.05) is 19.0 Å². The number of thiophene rings is 1. The number of benzene rings is 2. The van der Waals surface area contributed by atoms with Crippen molar-refractivity contribution in [2.24, 2.45) is 0 Å². The maximum absolute atomic E-state index is 12.9. The van der Waals surface area contributed by atoms with Crippen molar-refractivity contribution in [3.05, 3.63) is 76.2 Å². The van der Waals surface area contributed by atoms with Crippen molar-refractivity contribution in [3.8, 4) is 22.9 Å². The number of carbonyl (C=O) groups is 2. The van der Waals surface area contributed by atoms with Gasteiger partial charge in [0.25, 0.3) is 5.91 Å². The number of nitrogens with one attached hydrogen (secondary N) is 1. The summed E-state index contributed by atoms with van der Waals surface area (Å²) in [5.41, 5.74) is 3.34. The van der Waals surface area contributed by atoms with Gasteiger partial charge in [-0.05, 0) is 31.6 Å². The number of ether oxygens (including phenoxy) is 2. The maximum atomic E-state index is 12.9. The fourth-order valence-corrected chi connectivity index (χ4v) is 4.01. The molecule has 1 aromatic heterocycles. The number of aryl methyl sites for hydroxylation is 1. The van der Waals surface area contributed by atoms with Gasteiger partial charge in [-0.15, -0.1) is 11.3 Å². The highest BCUT2D eigenvalue weighted by Crippen LogP contribution is 2.36. The summed E-state index contributed by atoms with van der Waals surface area (Å²) in [4.78, 5) is 25.6. The Morgan fingerprint density at radius 3 is 2.53 bits per heavy atom. The predicted molar refractivity (Wildman–Crippen MR) is 126 cm³/mol. The van der Waals surface area contributed by atoms with Gasteiger partial charge in [-0.2, -0.15) is 5.26 Å². The highest BCUT2D eigenvalue weighted by atomic mass is 32.1. The van der Waals surface area contributed by atoms with Crippen LogP contribution < -0.4 is 10.1 Å². The zero-order valence-corrected chi connectivity index (χ0v) is 18.8. The van der Waals surface area contributed by atoms with E-state index in [-0.39, 0.29) is 17.7 Å². The number of esters is 1. The largest absolute Gasteiger partial charge is 0.496 e. The molecule has 1 heterocycles. The van der Waals surface area contributed by atoms with Crippen LogP contribution in [0.25, 0.3) is 17.2 Å². The molecule has 1 amide bonds. The molecule has 32 heavy (non-hydrogen) atoms. The Hall–Kier alpha value is -3.89. The number of carbonyl (C=O) groups excluding carboxylic acids is 2. The summed E-state index contributed by atoms with van der Waals surface area (Å²) in [7, 11) is 1.52. The molecule has 0 fully saturated rings. The zero-order chi connectivity index (χ0) is 23.1. The van der Waals surface area contributed by atoms with Crippen molar-refractivity contribution < 1.29 is 19.1 Å². The number of anilines is 1. The van der Waals surface area contributed by atoms with Crippen LogP contribution in [0.4, 0.5) is 5.00 Å². The van der Waals surface area contributed by atoms with E-state index < -0.39 is 11.9 Å². The molecule has 162 valence electrons. The molecule has 0 unspecified atom stereocenters. The van der Waals surface area contributed by atoms with Crippen LogP contribution in [-0.2, 0) is 9.53 Å². The first-order valence-electron chi connectivity index (χ1n) is 9.90. The number of amides is 1. The van der Waals surface area contributed by atoms with Gasteiger partial charge in [0.1, 0.15) is 28.0 Å². The van der Waals surface area contributed by atoms with Crippen molar-refractivity contribution in [2.45, 2.75) is 13.8 Å². The van der Waals surface area contributed by atoms with E-state index in [9.17, 15) is 14.9 Å². The lowest BCUT2D eigenvalue weighted by molar-refractivity contribution is -0.112. The number of methoxy groups -OCH3 is 1. The second-order valence-corrected chi connectivity index (χ2v) is 7.69. The third-order valence-electron chi connectivity index (χ3n) is 4.66. The molecule has 0 saturated carbocycles. The second kappa shape index (κ2) is 10.4. The number of rotatable bonds is 7. The van der Waals surface area contributed by atoms with Crippen molar-refractivity contribution in [1.29, 1.82) is 5.26 Å². The van der Waals surface area contributed by atoms with E-state index in [1.165, 1.54) is 24.5 Å². The fourth-order valence-electron chi connectivity index (χ4n) is 3.06. The summed E-state index contributed by atoms with van der Waals surface area (Å²) < 4.78 is 10.5. The molecule has 0 spiro atoms. The average Bonchev–Trinajstić information content (AvgIpc) is 3.21. The second-order valence-electron chi connectivity index (χ2n) is 6.81. The Labute approximate surface area is 190 Å². The van der Waals surface area contributed by atoms with E-state index in [2.05, 4.69) is 5.32 Å². The van der Waals surface area contributed by atoms with E-state index in [0.717, 1.165) is 11.1 Å². The molecule has 0 aliphatic rings. The molecule has 3 aromatic rings. The SMILES string of the molecule is CCOC(=O)c1c(-c2ccc(C)cc2)csc1NC(=O)/C(C#N)=C/c1ccccc1OC. The molecule has 0 aliphatic carbocycles. The van der Waals surface area contributed by atoms with Gasteiger partial charge in [0.05, 0.1) is 13.7 Å². The number of para-hydroxylation sites is 1. The average molecular weight is 447 g/mol. The van der Waals surface area contributed by atoms with Crippen molar-refractivity contribution in [1.82, 2.24) is 0 Å². The van der Waals surface area contributed by atoms with Gasteiger partial charge in [0.15, 0.2) is 0 Å². The van der Waals surface area contributed by atoms with Crippen LogP contribution >= 0.6 is 11.3 Å². The van der Waals surface area contributed by atoms with Gasteiger partial charge in [0, 0.05) is 16.5 Å². The van der Waals surface area contributed by atoms with Crippen LogP contribution in [-0.4, -0.2) is 25.6 Å². The third kappa shape index (κ3) is 5.05. The highest BCUT2D eigenvalue weighted by molar-refractivity contribution is 7.15. The zero-order valence-electron chi connectivity index (χ0n) is 18.0. The van der Waals surface area contributed by atoms with Crippen LogP contribution in [0.5, 0.6) is 5.75 Å². The minimum atomic E-state index is -0.624. The molecule has 0 aliphatic heterocycles. The standard InChI is InChI=1S/C25H22N2O4S/c1-4-31-25(29)22-20(17-11-9-16(2)10-12-17)15-32-24(22)27-23(28)19(14-26)13-18-7-5-6-8-21(18)30-3/h5-13,15H,4H2,1-3H3,(H,27,28)/b19-13+. The summed E-state index contributed by atoms with van der Waals surface area (Å²) in [6, 6.07) is 16.7. The maximum Gasteiger partial charge on any atom is 0.341 e. The molecule has 0 radical (unpaired) electrons. The Balaban J connectivity index is 1.97. The van der Waals surface area contributed by atoms with Gasteiger partial charge in [-0.3, -0.25) is 4.79 Å².